The Labute approximate surface area is 208 Å². The van der Waals surface area contributed by atoms with Gasteiger partial charge < -0.3 is 13.8 Å². The Morgan fingerprint density at radius 1 is 1.12 bits per heavy atom. The van der Waals surface area contributed by atoms with Gasteiger partial charge in [0.25, 0.3) is 5.89 Å². The van der Waals surface area contributed by atoms with Crippen LogP contribution < -0.4 is 4.74 Å². The Bertz CT molecular complexity index is 1530. The molecular weight excluding hydrogens is 501 g/mol. The van der Waals surface area contributed by atoms with Gasteiger partial charge >= 0.3 is 0 Å². The second-order valence-electron chi connectivity index (χ2n) is 7.22. The van der Waals surface area contributed by atoms with Crippen LogP contribution in [0.15, 0.2) is 59.5 Å². The van der Waals surface area contributed by atoms with Crippen molar-refractivity contribution in [2.24, 2.45) is 0 Å². The molecule has 0 saturated carbocycles. The highest BCUT2D eigenvalue weighted by Gasteiger charge is 2.27. The molecule has 0 fully saturated rings. The molecule has 34 heavy (non-hydrogen) atoms. The molecular formula is C23H14Cl3N5O3. The number of nitrogens with zero attached hydrogens (tertiary/aromatic N) is 5. The van der Waals surface area contributed by atoms with Gasteiger partial charge in [-0.3, -0.25) is 4.79 Å². The van der Waals surface area contributed by atoms with Gasteiger partial charge in [0.1, 0.15) is 22.9 Å². The first-order valence-corrected chi connectivity index (χ1v) is 11.0. The summed E-state index contributed by atoms with van der Waals surface area (Å²) in [6.45, 7) is 0.309. The van der Waals surface area contributed by atoms with Crippen LogP contribution in [0.3, 0.4) is 0 Å². The Kier molecular flexibility index (Phi) is 5.95. The first-order chi connectivity index (χ1) is 16.5. The van der Waals surface area contributed by atoms with Gasteiger partial charge in [-0.05, 0) is 42.0 Å². The molecule has 0 aliphatic heterocycles. The molecule has 0 radical (unpaired) electrons. The summed E-state index contributed by atoms with van der Waals surface area (Å²) in [5.41, 5.74) is 2.11. The number of halogens is 3. The normalized spacial score (nSPS) is 11.2. The number of rotatable bonds is 6. The molecule has 3 heterocycles. The minimum atomic E-state index is -0.506. The van der Waals surface area contributed by atoms with E-state index < -0.39 is 5.78 Å². The number of aromatic nitrogens is 5. The summed E-state index contributed by atoms with van der Waals surface area (Å²) in [5, 5.41) is 5.63. The van der Waals surface area contributed by atoms with Crippen molar-refractivity contribution in [3.05, 3.63) is 87.1 Å². The minimum Gasteiger partial charge on any atom is -0.497 e. The van der Waals surface area contributed by atoms with Crippen LogP contribution in [0.1, 0.15) is 21.7 Å². The summed E-state index contributed by atoms with van der Waals surface area (Å²) in [4.78, 5) is 25.6. The second-order valence-corrected chi connectivity index (χ2v) is 8.42. The Hall–Kier alpha value is -3.46. The summed E-state index contributed by atoms with van der Waals surface area (Å²) in [6, 6.07) is 12.1. The number of hydrogen-bond acceptors (Lipinski definition) is 7. The summed E-state index contributed by atoms with van der Waals surface area (Å²) >= 11 is 19.2. The fraction of sp³-hybridized carbons (Fsp3) is 0.0870. The zero-order valence-electron chi connectivity index (χ0n) is 17.5. The van der Waals surface area contributed by atoms with Gasteiger partial charge in [0, 0.05) is 21.6 Å². The topological polar surface area (TPSA) is 95.9 Å². The number of methoxy groups -OCH3 is 1. The number of ether oxygens (including phenoxy) is 1. The number of hydrogen-bond donors (Lipinski definition) is 0. The average molecular weight is 515 g/mol. The number of fused-ring (bicyclic) bond motifs is 1. The van der Waals surface area contributed by atoms with Gasteiger partial charge in [-0.15, -0.1) is 0 Å². The quantitative estimate of drug-likeness (QED) is 0.267. The molecule has 0 spiro atoms. The van der Waals surface area contributed by atoms with Crippen molar-refractivity contribution in [2.75, 3.05) is 7.11 Å². The number of carbonyl (C=O) groups is 1. The Morgan fingerprint density at radius 3 is 2.71 bits per heavy atom. The zero-order chi connectivity index (χ0) is 23.8. The van der Waals surface area contributed by atoms with Crippen molar-refractivity contribution in [3.8, 4) is 17.3 Å². The molecule has 0 aliphatic rings. The molecule has 11 heteroatoms. The largest absolute Gasteiger partial charge is 0.497 e. The predicted molar refractivity (Wildman–Crippen MR) is 128 cm³/mol. The summed E-state index contributed by atoms with van der Waals surface area (Å²) < 4.78 is 12.4. The van der Waals surface area contributed by atoms with E-state index in [1.165, 1.54) is 12.5 Å². The molecule has 0 aliphatic carbocycles. The van der Waals surface area contributed by atoms with E-state index in [0.29, 0.717) is 38.9 Å². The maximum atomic E-state index is 13.5. The van der Waals surface area contributed by atoms with Crippen LogP contribution in [0.25, 0.3) is 22.5 Å². The van der Waals surface area contributed by atoms with Gasteiger partial charge in [-0.25, -0.2) is 9.97 Å². The summed E-state index contributed by atoms with van der Waals surface area (Å²) in [6.07, 6.45) is 2.88. The van der Waals surface area contributed by atoms with Crippen LogP contribution in [0.5, 0.6) is 5.75 Å². The highest BCUT2D eigenvalue weighted by Crippen LogP contribution is 2.35. The lowest BCUT2D eigenvalue weighted by Gasteiger charge is -2.10. The van der Waals surface area contributed by atoms with Crippen molar-refractivity contribution in [1.29, 1.82) is 0 Å². The lowest BCUT2D eigenvalue weighted by Crippen LogP contribution is -2.06. The molecule has 5 aromatic rings. The van der Waals surface area contributed by atoms with Crippen molar-refractivity contribution < 1.29 is 14.1 Å². The van der Waals surface area contributed by atoms with Crippen molar-refractivity contribution in [2.45, 2.75) is 6.54 Å². The van der Waals surface area contributed by atoms with E-state index in [9.17, 15) is 4.79 Å². The van der Waals surface area contributed by atoms with Gasteiger partial charge in [-0.1, -0.05) is 46.0 Å². The predicted octanol–water partition coefficient (Wildman–Crippen LogP) is 5.73. The van der Waals surface area contributed by atoms with E-state index in [-0.39, 0.29) is 22.4 Å². The third-order valence-electron chi connectivity index (χ3n) is 5.21. The molecule has 0 N–H and O–H groups in total. The highest BCUT2D eigenvalue weighted by atomic mass is 35.5. The first-order valence-electron chi connectivity index (χ1n) is 9.90. The van der Waals surface area contributed by atoms with Gasteiger partial charge in [0.15, 0.2) is 0 Å². The van der Waals surface area contributed by atoms with Crippen LogP contribution in [0.4, 0.5) is 0 Å². The van der Waals surface area contributed by atoms with Crippen LogP contribution in [0, 0.1) is 0 Å². The van der Waals surface area contributed by atoms with E-state index in [0.717, 1.165) is 5.56 Å². The maximum Gasteiger partial charge on any atom is 0.277 e. The van der Waals surface area contributed by atoms with Gasteiger partial charge in [0.05, 0.1) is 24.7 Å². The summed E-state index contributed by atoms with van der Waals surface area (Å²) in [5.74, 6) is 0.000913. The van der Waals surface area contributed by atoms with Gasteiger partial charge in [0.2, 0.25) is 11.6 Å². The fourth-order valence-corrected chi connectivity index (χ4v) is 4.38. The monoisotopic (exact) mass is 513 g/mol. The molecule has 0 unspecified atom stereocenters. The molecule has 8 nitrogen and oxygen atoms in total. The highest BCUT2D eigenvalue weighted by molar-refractivity contribution is 6.37. The van der Waals surface area contributed by atoms with E-state index in [1.807, 2.05) is 12.1 Å². The van der Waals surface area contributed by atoms with Crippen LogP contribution in [0.2, 0.25) is 15.2 Å². The molecule has 5 rings (SSSR count). The molecule has 0 saturated heterocycles. The van der Waals surface area contributed by atoms with E-state index in [4.69, 9.17) is 44.1 Å². The molecule has 170 valence electrons. The first kappa shape index (κ1) is 22.3. The molecule has 0 atom stereocenters. The van der Waals surface area contributed by atoms with Crippen LogP contribution in [-0.4, -0.2) is 37.6 Å². The molecule has 3 aromatic heterocycles. The van der Waals surface area contributed by atoms with Crippen LogP contribution >= 0.6 is 34.8 Å². The molecule has 0 amide bonds. The third-order valence-corrected chi connectivity index (χ3v) is 6.19. The molecule has 2 aromatic carbocycles. The fourth-order valence-electron chi connectivity index (χ4n) is 3.57. The standard InChI is InChI=1S/C23H14Cl3N5O3/c1-33-14-4-5-18-15(9-14)19(21(26)31(18)10-12-2-3-13(24)8-16(12)25)20(32)22-29-23(34-30-22)17-6-7-27-11-28-17/h2-9,11H,10H2,1H3. The maximum absolute atomic E-state index is 13.5. The van der Waals surface area contributed by atoms with E-state index in [2.05, 4.69) is 20.1 Å². The van der Waals surface area contributed by atoms with E-state index >= 15 is 0 Å². The van der Waals surface area contributed by atoms with E-state index in [1.54, 1.807) is 42.0 Å². The van der Waals surface area contributed by atoms with Crippen LogP contribution in [-0.2, 0) is 6.54 Å². The number of carbonyl (C=O) groups excluding carboxylic acids is 1. The zero-order valence-corrected chi connectivity index (χ0v) is 19.8. The molecule has 0 bridgehead atoms. The van der Waals surface area contributed by atoms with Crippen molar-refractivity contribution in [1.82, 2.24) is 24.7 Å². The lowest BCUT2D eigenvalue weighted by atomic mass is 10.1. The van der Waals surface area contributed by atoms with Gasteiger partial charge in [-0.2, -0.15) is 4.98 Å². The van der Waals surface area contributed by atoms with Crippen molar-refractivity contribution >= 4 is 51.5 Å². The Balaban J connectivity index is 1.62. The lowest BCUT2D eigenvalue weighted by molar-refractivity contribution is 0.102. The SMILES string of the molecule is COc1ccc2c(c1)c(C(=O)c1noc(-c3ccncn3)n1)c(Cl)n2Cc1ccc(Cl)cc1Cl. The Morgan fingerprint density at radius 2 is 1.97 bits per heavy atom. The summed E-state index contributed by atoms with van der Waals surface area (Å²) in [7, 11) is 1.54. The minimum absolute atomic E-state index is 0.0936. The smallest absolute Gasteiger partial charge is 0.277 e. The van der Waals surface area contributed by atoms with Crippen molar-refractivity contribution in [3.63, 3.8) is 0 Å². The average Bonchev–Trinajstić information content (AvgIpc) is 3.44. The third kappa shape index (κ3) is 4.00. The number of benzene rings is 2. The number of ketones is 1. The second kappa shape index (κ2) is 9.06.